The number of benzene rings is 1. The number of nitrogens with zero attached hydrogens (tertiary/aromatic N) is 2. The molecule has 6 nitrogen and oxygen atoms in total. The van der Waals surface area contributed by atoms with Crippen molar-refractivity contribution >= 4 is 17.3 Å². The molecular formula is C14H18FN5O. The van der Waals surface area contributed by atoms with Crippen LogP contribution in [0, 0.1) is 5.82 Å². The van der Waals surface area contributed by atoms with Crippen molar-refractivity contribution in [3.63, 3.8) is 0 Å². The largest absolute Gasteiger partial charge is 0.494 e. The molecule has 0 bridgehead atoms. The van der Waals surface area contributed by atoms with Crippen molar-refractivity contribution < 1.29 is 9.13 Å². The lowest BCUT2D eigenvalue weighted by molar-refractivity contribution is 0.387. The van der Waals surface area contributed by atoms with Gasteiger partial charge in [-0.25, -0.2) is 20.2 Å². The molecule has 112 valence electrons. The maximum atomic E-state index is 13.4. The van der Waals surface area contributed by atoms with Crippen LogP contribution in [0.2, 0.25) is 0 Å². The number of aromatic nitrogens is 2. The molecule has 2 aromatic rings. The van der Waals surface area contributed by atoms with Crippen LogP contribution in [0.4, 0.5) is 21.7 Å². The highest BCUT2D eigenvalue weighted by Crippen LogP contribution is 2.24. The van der Waals surface area contributed by atoms with Gasteiger partial charge in [-0.15, -0.1) is 0 Å². The Balaban J connectivity index is 2.27. The lowest BCUT2D eigenvalue weighted by Crippen LogP contribution is -2.11. The van der Waals surface area contributed by atoms with Gasteiger partial charge < -0.3 is 15.5 Å². The van der Waals surface area contributed by atoms with Crippen LogP contribution in [-0.2, 0) is 6.42 Å². The molecule has 1 heterocycles. The van der Waals surface area contributed by atoms with Crippen molar-refractivity contribution in [3.8, 4) is 5.75 Å². The summed E-state index contributed by atoms with van der Waals surface area (Å²) in [6, 6.07) is 6.17. The number of hydrazine groups is 1. The zero-order chi connectivity index (χ0) is 15.2. The summed E-state index contributed by atoms with van der Waals surface area (Å²) in [6.07, 6.45) is 1.68. The first-order valence-corrected chi connectivity index (χ1v) is 6.61. The molecule has 0 radical (unpaired) electrons. The lowest BCUT2D eigenvalue weighted by atomic mass is 10.3. The number of nitrogens with two attached hydrogens (primary N) is 1. The highest BCUT2D eigenvalue weighted by atomic mass is 19.1. The summed E-state index contributed by atoms with van der Waals surface area (Å²) in [5.74, 6) is 6.94. The molecule has 4 N–H and O–H groups in total. The first-order valence-electron chi connectivity index (χ1n) is 6.61. The van der Waals surface area contributed by atoms with Crippen molar-refractivity contribution in [2.24, 2.45) is 5.84 Å². The number of ether oxygens (including phenoxy) is 1. The zero-order valence-corrected chi connectivity index (χ0v) is 12.0. The molecule has 0 unspecified atom stereocenters. The molecule has 0 saturated heterocycles. The maximum Gasteiger partial charge on any atom is 0.165 e. The van der Waals surface area contributed by atoms with E-state index in [4.69, 9.17) is 10.6 Å². The zero-order valence-electron chi connectivity index (χ0n) is 12.0. The van der Waals surface area contributed by atoms with E-state index in [1.807, 2.05) is 6.92 Å². The van der Waals surface area contributed by atoms with E-state index in [0.29, 0.717) is 23.1 Å². The Morgan fingerprint density at radius 3 is 2.67 bits per heavy atom. The third-order valence-corrected chi connectivity index (χ3v) is 2.82. The number of nitrogen functional groups attached to an aromatic ring is 1. The van der Waals surface area contributed by atoms with E-state index in [0.717, 1.165) is 12.8 Å². The molecule has 1 aromatic carbocycles. The molecule has 2 rings (SSSR count). The number of rotatable bonds is 6. The van der Waals surface area contributed by atoms with Gasteiger partial charge in [-0.2, -0.15) is 0 Å². The topological polar surface area (TPSA) is 85.1 Å². The number of hydrogen-bond acceptors (Lipinski definition) is 6. The predicted octanol–water partition coefficient (Wildman–Crippen LogP) is 2.61. The Labute approximate surface area is 122 Å². The van der Waals surface area contributed by atoms with Gasteiger partial charge in [0.2, 0.25) is 0 Å². The summed E-state index contributed by atoms with van der Waals surface area (Å²) in [4.78, 5) is 8.65. The number of nitrogens with one attached hydrogen (secondary N) is 2. The smallest absolute Gasteiger partial charge is 0.165 e. The molecule has 0 atom stereocenters. The molecule has 0 amide bonds. The number of anilines is 3. The fourth-order valence-electron chi connectivity index (χ4n) is 1.86. The van der Waals surface area contributed by atoms with Crippen LogP contribution in [0.25, 0.3) is 0 Å². The standard InChI is InChI=1S/C14H18FN5O/c1-3-4-12-18-13(8-14(19-12)20-16)17-9-5-6-10(15)11(7-9)21-2/h5-8H,3-4,16H2,1-2H3,(H2,17,18,19,20). The first kappa shape index (κ1) is 15.0. The third kappa shape index (κ3) is 3.79. The number of halogens is 1. The van der Waals surface area contributed by atoms with Crippen LogP contribution >= 0.6 is 0 Å². The van der Waals surface area contributed by atoms with E-state index in [-0.39, 0.29) is 5.75 Å². The fraction of sp³-hybridized carbons (Fsp3) is 0.286. The number of hydrogen-bond donors (Lipinski definition) is 3. The number of aryl methyl sites for hydroxylation is 1. The summed E-state index contributed by atoms with van der Waals surface area (Å²) >= 11 is 0. The molecule has 0 saturated carbocycles. The maximum absolute atomic E-state index is 13.4. The minimum Gasteiger partial charge on any atom is -0.494 e. The van der Waals surface area contributed by atoms with Crippen LogP contribution in [-0.4, -0.2) is 17.1 Å². The van der Waals surface area contributed by atoms with Gasteiger partial charge in [0.05, 0.1) is 7.11 Å². The molecule has 0 aliphatic heterocycles. The summed E-state index contributed by atoms with van der Waals surface area (Å²) < 4.78 is 18.3. The summed E-state index contributed by atoms with van der Waals surface area (Å²) in [5.41, 5.74) is 3.17. The van der Waals surface area contributed by atoms with E-state index in [1.54, 1.807) is 18.2 Å². The third-order valence-electron chi connectivity index (χ3n) is 2.82. The van der Waals surface area contributed by atoms with E-state index in [1.165, 1.54) is 13.2 Å². The second-order valence-electron chi connectivity index (χ2n) is 4.42. The van der Waals surface area contributed by atoms with Gasteiger partial charge in [0.1, 0.15) is 17.5 Å². The van der Waals surface area contributed by atoms with Gasteiger partial charge in [-0.3, -0.25) is 0 Å². The van der Waals surface area contributed by atoms with Gasteiger partial charge in [0.25, 0.3) is 0 Å². The van der Waals surface area contributed by atoms with Crippen LogP contribution in [0.15, 0.2) is 24.3 Å². The highest BCUT2D eigenvalue weighted by Gasteiger charge is 2.07. The van der Waals surface area contributed by atoms with Crippen LogP contribution in [0.1, 0.15) is 19.2 Å². The monoisotopic (exact) mass is 291 g/mol. The van der Waals surface area contributed by atoms with Crippen LogP contribution < -0.4 is 21.3 Å². The average molecular weight is 291 g/mol. The average Bonchev–Trinajstić information content (AvgIpc) is 2.49. The van der Waals surface area contributed by atoms with Gasteiger partial charge >= 0.3 is 0 Å². The first-order chi connectivity index (χ1) is 10.2. The Hall–Kier alpha value is -2.41. The Kier molecular flexibility index (Phi) is 4.89. The normalized spacial score (nSPS) is 10.3. The molecule has 0 fully saturated rings. The molecule has 0 aliphatic rings. The Bertz CT molecular complexity index is 620. The van der Waals surface area contributed by atoms with Crippen molar-refractivity contribution in [3.05, 3.63) is 35.9 Å². The van der Waals surface area contributed by atoms with Crippen LogP contribution in [0.3, 0.4) is 0 Å². The van der Waals surface area contributed by atoms with Crippen molar-refractivity contribution in [2.45, 2.75) is 19.8 Å². The summed E-state index contributed by atoms with van der Waals surface area (Å²) in [5, 5.41) is 3.09. The fourth-order valence-corrected chi connectivity index (χ4v) is 1.86. The summed E-state index contributed by atoms with van der Waals surface area (Å²) in [6.45, 7) is 2.05. The van der Waals surface area contributed by atoms with Gasteiger partial charge in [0, 0.05) is 24.2 Å². The molecule has 7 heteroatoms. The van der Waals surface area contributed by atoms with Crippen molar-refractivity contribution in [1.82, 2.24) is 9.97 Å². The van der Waals surface area contributed by atoms with E-state index < -0.39 is 5.82 Å². The second-order valence-corrected chi connectivity index (χ2v) is 4.42. The predicted molar refractivity (Wildman–Crippen MR) is 80.1 cm³/mol. The van der Waals surface area contributed by atoms with Gasteiger partial charge in [0.15, 0.2) is 11.6 Å². The minimum absolute atomic E-state index is 0.167. The van der Waals surface area contributed by atoms with E-state index in [9.17, 15) is 4.39 Å². The molecule has 21 heavy (non-hydrogen) atoms. The quantitative estimate of drug-likeness (QED) is 0.560. The van der Waals surface area contributed by atoms with E-state index in [2.05, 4.69) is 20.7 Å². The number of methoxy groups -OCH3 is 1. The molecule has 0 spiro atoms. The minimum atomic E-state index is -0.415. The van der Waals surface area contributed by atoms with Gasteiger partial charge in [-0.05, 0) is 18.6 Å². The van der Waals surface area contributed by atoms with E-state index >= 15 is 0 Å². The molecule has 1 aromatic heterocycles. The van der Waals surface area contributed by atoms with Crippen molar-refractivity contribution in [1.29, 1.82) is 0 Å². The second kappa shape index (κ2) is 6.85. The summed E-state index contributed by atoms with van der Waals surface area (Å²) in [7, 11) is 1.42. The molecule has 0 aliphatic carbocycles. The Morgan fingerprint density at radius 2 is 2.00 bits per heavy atom. The highest BCUT2D eigenvalue weighted by molar-refractivity contribution is 5.60. The Morgan fingerprint density at radius 1 is 1.24 bits per heavy atom. The van der Waals surface area contributed by atoms with Crippen LogP contribution in [0.5, 0.6) is 5.75 Å². The van der Waals surface area contributed by atoms with Gasteiger partial charge in [-0.1, -0.05) is 6.92 Å². The molecular weight excluding hydrogens is 273 g/mol. The SMILES string of the molecule is CCCc1nc(NN)cc(Nc2ccc(F)c(OC)c2)n1. The lowest BCUT2D eigenvalue weighted by Gasteiger charge is -2.10. The van der Waals surface area contributed by atoms with Crippen molar-refractivity contribution in [2.75, 3.05) is 17.9 Å².